The minimum Gasteiger partial charge on any atom is -0.458 e. The number of ether oxygens (including phenoxy) is 1. The zero-order chi connectivity index (χ0) is 47.9. The SMILES string of the molecule is CC(C)CCCCc1cc2c3c(c1)N(c1c(-c4ccccc4)cccc1-c1ccccc1)c1cc(-n4c5ccccc5c5ccccc54)ccc1B3c1ccc(-n3c4ccccc4c4ccccc43)cc1O2. The van der Waals surface area contributed by atoms with Gasteiger partial charge in [0.1, 0.15) is 11.5 Å². The third-order valence-corrected chi connectivity index (χ3v) is 15.4. The molecule has 4 nitrogen and oxygen atoms in total. The molecule has 0 unspecified atom stereocenters. The van der Waals surface area contributed by atoms with Crippen molar-refractivity contribution in [3.05, 3.63) is 230 Å². The van der Waals surface area contributed by atoms with Crippen molar-refractivity contribution in [3.8, 4) is 45.1 Å². The second-order valence-electron chi connectivity index (χ2n) is 20.2. The summed E-state index contributed by atoms with van der Waals surface area (Å²) in [5, 5.41) is 4.99. The molecule has 0 fully saturated rings. The first-order chi connectivity index (χ1) is 35.6. The van der Waals surface area contributed by atoms with Crippen LogP contribution >= 0.6 is 0 Å². The van der Waals surface area contributed by atoms with Crippen LogP contribution < -0.4 is 26.0 Å². The van der Waals surface area contributed by atoms with Crippen LogP contribution in [0.5, 0.6) is 11.5 Å². The maximum Gasteiger partial charge on any atom is 0.256 e. The van der Waals surface area contributed by atoms with E-state index < -0.39 is 0 Å². The molecule has 4 heterocycles. The molecule has 10 aromatic carbocycles. The second-order valence-corrected chi connectivity index (χ2v) is 20.2. The first-order valence-corrected chi connectivity index (χ1v) is 25.7. The van der Waals surface area contributed by atoms with Gasteiger partial charge in [0.25, 0.3) is 6.71 Å². The smallest absolute Gasteiger partial charge is 0.256 e. The monoisotopic (exact) mass is 925 g/mol. The number of unbranched alkanes of at least 4 members (excludes halogenated alkanes) is 1. The fourth-order valence-electron chi connectivity index (χ4n) is 12.2. The summed E-state index contributed by atoms with van der Waals surface area (Å²) in [6, 6.07) is 83.0. The molecule has 2 aliphatic rings. The van der Waals surface area contributed by atoms with Crippen molar-refractivity contribution in [2.45, 2.75) is 39.5 Å². The Labute approximate surface area is 421 Å². The Morgan fingerprint density at radius 3 is 1.47 bits per heavy atom. The molecule has 0 amide bonds. The minimum absolute atomic E-state index is 0.0940. The normalized spacial score (nSPS) is 12.7. The third kappa shape index (κ3) is 6.75. The first kappa shape index (κ1) is 42.4. The highest BCUT2D eigenvalue weighted by Gasteiger charge is 2.43. The number of aromatic nitrogens is 2. The number of rotatable bonds is 10. The molecule has 0 saturated heterocycles. The lowest BCUT2D eigenvalue weighted by Crippen LogP contribution is -2.59. The summed E-state index contributed by atoms with van der Waals surface area (Å²) in [6.07, 6.45) is 4.47. The van der Waals surface area contributed by atoms with Crippen LogP contribution in [0.15, 0.2) is 224 Å². The molecular weight excluding hydrogens is 874 g/mol. The van der Waals surface area contributed by atoms with Gasteiger partial charge in [0.15, 0.2) is 0 Å². The van der Waals surface area contributed by atoms with Crippen LogP contribution in [0.4, 0.5) is 17.1 Å². The maximum atomic E-state index is 7.44. The summed E-state index contributed by atoms with van der Waals surface area (Å²) >= 11 is 0. The molecule has 0 radical (unpaired) electrons. The van der Waals surface area contributed by atoms with Gasteiger partial charge in [-0.1, -0.05) is 190 Å². The van der Waals surface area contributed by atoms with Crippen molar-refractivity contribution in [2.75, 3.05) is 4.90 Å². The van der Waals surface area contributed by atoms with Crippen LogP contribution in [0.2, 0.25) is 0 Å². The third-order valence-electron chi connectivity index (χ3n) is 15.4. The maximum absolute atomic E-state index is 7.44. The molecule has 0 atom stereocenters. The fraction of sp³-hybridized carbons (Fsp3) is 0.104. The van der Waals surface area contributed by atoms with E-state index in [0.717, 1.165) is 47.1 Å². The van der Waals surface area contributed by atoms with Gasteiger partial charge in [-0.3, -0.25) is 0 Å². The number of para-hydroxylation sites is 5. The molecule has 2 aliphatic heterocycles. The Balaban J connectivity index is 1.06. The summed E-state index contributed by atoms with van der Waals surface area (Å²) in [5.74, 6) is 2.50. The minimum atomic E-state index is -0.0940. The van der Waals surface area contributed by atoms with Crippen molar-refractivity contribution in [3.63, 3.8) is 0 Å². The van der Waals surface area contributed by atoms with E-state index in [2.05, 4.69) is 252 Å². The highest BCUT2D eigenvalue weighted by Crippen LogP contribution is 2.50. The number of nitrogens with zero attached hydrogens (tertiary/aromatic N) is 3. The van der Waals surface area contributed by atoms with Crippen LogP contribution in [0.25, 0.3) is 77.2 Å². The predicted octanol–water partition coefficient (Wildman–Crippen LogP) is 16.0. The summed E-state index contributed by atoms with van der Waals surface area (Å²) < 4.78 is 12.3. The van der Waals surface area contributed by atoms with Crippen molar-refractivity contribution in [1.29, 1.82) is 0 Å². The molecule has 5 heteroatoms. The number of hydrogen-bond acceptors (Lipinski definition) is 2. The van der Waals surface area contributed by atoms with Gasteiger partial charge in [0.2, 0.25) is 0 Å². The van der Waals surface area contributed by atoms with Crippen LogP contribution in [-0.4, -0.2) is 15.8 Å². The van der Waals surface area contributed by atoms with Gasteiger partial charge < -0.3 is 18.8 Å². The largest absolute Gasteiger partial charge is 0.458 e. The molecular formula is C67H52BN3O. The lowest BCUT2D eigenvalue weighted by Gasteiger charge is -2.42. The highest BCUT2D eigenvalue weighted by molar-refractivity contribution is 6.99. The van der Waals surface area contributed by atoms with E-state index in [0.29, 0.717) is 5.92 Å². The topological polar surface area (TPSA) is 22.3 Å². The van der Waals surface area contributed by atoms with Crippen LogP contribution in [-0.2, 0) is 6.42 Å². The van der Waals surface area contributed by atoms with E-state index in [9.17, 15) is 0 Å². The van der Waals surface area contributed by atoms with Gasteiger partial charge in [-0.2, -0.15) is 0 Å². The van der Waals surface area contributed by atoms with Gasteiger partial charge in [0.05, 0.1) is 27.8 Å². The fourth-order valence-corrected chi connectivity index (χ4v) is 12.2. The Hall–Kier alpha value is -8.54. The molecule has 72 heavy (non-hydrogen) atoms. The standard InChI is InChI=1S/C67H52BN3O/c1-44(2)20-9-10-21-45-40-63-66-65(41-45)72-64-43-49(70-60-34-17-13-28-54(60)55-29-14-18-35-61(55)70)37-39-57(64)68(66)56-38-36-48(69-58-32-15-11-26-52(58)53-27-12-16-33-59(53)69)42-62(56)71(63)67-50(46-22-5-3-6-23-46)30-19-31-51(67)47-24-7-4-8-25-47/h3-8,11-19,22-44H,9-10,20-21H2,1-2H3. The molecule has 2 aromatic heterocycles. The number of benzene rings is 10. The van der Waals surface area contributed by atoms with E-state index >= 15 is 0 Å². The number of aryl methyl sites for hydroxylation is 1. The first-order valence-electron chi connectivity index (χ1n) is 25.7. The zero-order valence-electron chi connectivity index (χ0n) is 40.6. The molecule has 12 aromatic rings. The van der Waals surface area contributed by atoms with Gasteiger partial charge in [-0.25, -0.2) is 0 Å². The van der Waals surface area contributed by atoms with Gasteiger partial charge >= 0.3 is 0 Å². The molecule has 344 valence electrons. The number of anilines is 3. The Bertz CT molecular complexity index is 3910. The summed E-state index contributed by atoms with van der Waals surface area (Å²) in [7, 11) is 0. The zero-order valence-corrected chi connectivity index (χ0v) is 40.6. The van der Waals surface area contributed by atoms with Crippen LogP contribution in [0, 0.1) is 5.92 Å². The summed E-state index contributed by atoms with van der Waals surface area (Å²) in [6.45, 7) is 4.57. The van der Waals surface area contributed by atoms with Crippen molar-refractivity contribution < 1.29 is 4.74 Å². The average Bonchev–Trinajstić information content (AvgIpc) is 3.95. The van der Waals surface area contributed by atoms with E-state index in [1.54, 1.807) is 0 Å². The van der Waals surface area contributed by atoms with E-state index in [1.807, 2.05) is 0 Å². The van der Waals surface area contributed by atoms with Gasteiger partial charge in [-0.15, -0.1) is 0 Å². The van der Waals surface area contributed by atoms with Crippen molar-refractivity contribution in [2.24, 2.45) is 5.92 Å². The average molecular weight is 926 g/mol. The molecule has 0 spiro atoms. The Morgan fingerprint density at radius 2 is 0.931 bits per heavy atom. The summed E-state index contributed by atoms with van der Waals surface area (Å²) in [4.78, 5) is 2.62. The lowest BCUT2D eigenvalue weighted by molar-refractivity contribution is 0.486. The molecule has 0 saturated carbocycles. The number of hydrogen-bond donors (Lipinski definition) is 0. The van der Waals surface area contributed by atoms with Gasteiger partial charge in [-0.05, 0) is 106 Å². The van der Waals surface area contributed by atoms with Crippen molar-refractivity contribution in [1.82, 2.24) is 9.13 Å². The predicted molar refractivity (Wildman–Crippen MR) is 304 cm³/mol. The lowest BCUT2D eigenvalue weighted by atomic mass is 9.34. The van der Waals surface area contributed by atoms with Crippen molar-refractivity contribution >= 4 is 83.8 Å². The van der Waals surface area contributed by atoms with E-state index in [1.165, 1.54) is 106 Å². The molecule has 0 bridgehead atoms. The Morgan fingerprint density at radius 1 is 0.431 bits per heavy atom. The van der Waals surface area contributed by atoms with Crippen LogP contribution in [0.3, 0.4) is 0 Å². The quantitative estimate of drug-likeness (QED) is 0.101. The van der Waals surface area contributed by atoms with Gasteiger partial charge in [0, 0.05) is 61.5 Å². The number of fused-ring (bicyclic) bond motifs is 10. The van der Waals surface area contributed by atoms with Crippen LogP contribution in [0.1, 0.15) is 38.7 Å². The summed E-state index contributed by atoms with van der Waals surface area (Å²) in [5.41, 5.74) is 20.0. The molecule has 14 rings (SSSR count). The molecule has 0 aliphatic carbocycles. The van der Waals surface area contributed by atoms with E-state index in [4.69, 9.17) is 4.74 Å². The second kappa shape index (κ2) is 17.1. The Kier molecular flexibility index (Phi) is 10.1. The highest BCUT2D eigenvalue weighted by atomic mass is 16.5. The van der Waals surface area contributed by atoms with E-state index in [-0.39, 0.29) is 6.71 Å². The molecule has 0 N–H and O–H groups in total.